The predicted molar refractivity (Wildman–Crippen MR) is 140 cm³/mol. The lowest BCUT2D eigenvalue weighted by atomic mass is 9.95. The Labute approximate surface area is 212 Å². The van der Waals surface area contributed by atoms with E-state index in [1.807, 2.05) is 55.1 Å². The highest BCUT2D eigenvalue weighted by Gasteiger charge is 2.26. The van der Waals surface area contributed by atoms with E-state index in [1.54, 1.807) is 37.4 Å². The van der Waals surface area contributed by atoms with E-state index in [9.17, 15) is 14.4 Å². The summed E-state index contributed by atoms with van der Waals surface area (Å²) >= 11 is 0. The van der Waals surface area contributed by atoms with Crippen molar-refractivity contribution in [2.45, 2.75) is 39.2 Å². The molecule has 0 aromatic heterocycles. The highest BCUT2D eigenvalue weighted by molar-refractivity contribution is 6.15. The summed E-state index contributed by atoms with van der Waals surface area (Å²) in [5, 5.41) is 3.08. The van der Waals surface area contributed by atoms with Gasteiger partial charge in [-0.25, -0.2) is 0 Å². The summed E-state index contributed by atoms with van der Waals surface area (Å²) in [6.07, 6.45) is 1.61. The molecule has 36 heavy (non-hydrogen) atoms. The Morgan fingerprint density at radius 1 is 0.889 bits per heavy atom. The molecule has 0 bridgehead atoms. The van der Waals surface area contributed by atoms with E-state index in [2.05, 4.69) is 5.32 Å². The molecule has 0 spiro atoms. The third-order valence-corrected chi connectivity index (χ3v) is 6.90. The molecule has 0 radical (unpaired) electrons. The van der Waals surface area contributed by atoms with Crippen molar-refractivity contribution in [2.75, 3.05) is 20.2 Å². The van der Waals surface area contributed by atoms with Gasteiger partial charge in [0, 0.05) is 35.8 Å². The standard InChI is InChI=1S/C30H32N2O4/c1-20-12-13-23(18-21(20)2)29(34)25-9-5-6-10-26(25)30(35)31-24-14-16-32(17-15-24)28(33)19-22-8-4-7-11-27(22)36-3/h4-13,18,24H,14-17,19H2,1-3H3,(H,31,35). The fourth-order valence-electron chi connectivity index (χ4n) is 4.58. The minimum Gasteiger partial charge on any atom is -0.496 e. The maximum atomic E-state index is 13.2. The number of methoxy groups -OCH3 is 1. The van der Waals surface area contributed by atoms with Crippen molar-refractivity contribution in [1.29, 1.82) is 0 Å². The number of aryl methyl sites for hydroxylation is 2. The number of ether oxygens (including phenoxy) is 1. The van der Waals surface area contributed by atoms with Crippen LogP contribution in [0, 0.1) is 13.8 Å². The quantitative estimate of drug-likeness (QED) is 0.501. The monoisotopic (exact) mass is 484 g/mol. The number of nitrogens with one attached hydrogen (secondary N) is 1. The molecule has 4 rings (SSSR count). The van der Waals surface area contributed by atoms with Crippen molar-refractivity contribution in [3.63, 3.8) is 0 Å². The van der Waals surface area contributed by atoms with Gasteiger partial charge >= 0.3 is 0 Å². The maximum Gasteiger partial charge on any atom is 0.252 e. The molecular formula is C30H32N2O4. The van der Waals surface area contributed by atoms with E-state index in [0.29, 0.717) is 48.4 Å². The maximum absolute atomic E-state index is 13.2. The van der Waals surface area contributed by atoms with Gasteiger partial charge in [0.05, 0.1) is 19.1 Å². The van der Waals surface area contributed by atoms with E-state index in [-0.39, 0.29) is 30.1 Å². The molecule has 0 saturated carbocycles. The van der Waals surface area contributed by atoms with Gasteiger partial charge in [-0.2, -0.15) is 0 Å². The number of para-hydroxylation sites is 1. The number of hydrogen-bond acceptors (Lipinski definition) is 4. The molecule has 2 amide bonds. The number of hydrogen-bond donors (Lipinski definition) is 1. The molecule has 3 aromatic carbocycles. The van der Waals surface area contributed by atoms with E-state index in [4.69, 9.17) is 4.74 Å². The molecule has 1 heterocycles. The van der Waals surface area contributed by atoms with Crippen molar-refractivity contribution in [2.24, 2.45) is 0 Å². The number of likely N-dealkylation sites (tertiary alicyclic amines) is 1. The fourth-order valence-corrected chi connectivity index (χ4v) is 4.58. The van der Waals surface area contributed by atoms with Gasteiger partial charge in [0.2, 0.25) is 5.91 Å². The zero-order chi connectivity index (χ0) is 25.7. The molecule has 6 heteroatoms. The van der Waals surface area contributed by atoms with E-state index < -0.39 is 0 Å². The van der Waals surface area contributed by atoms with Gasteiger partial charge in [0.25, 0.3) is 5.91 Å². The lowest BCUT2D eigenvalue weighted by Crippen LogP contribution is -2.47. The second kappa shape index (κ2) is 11.2. The summed E-state index contributed by atoms with van der Waals surface area (Å²) in [6, 6.07) is 20.0. The molecule has 0 atom stereocenters. The van der Waals surface area contributed by atoms with E-state index >= 15 is 0 Å². The zero-order valence-electron chi connectivity index (χ0n) is 21.0. The number of nitrogens with zero attached hydrogens (tertiary/aromatic N) is 1. The van der Waals surface area contributed by atoms with Crippen molar-refractivity contribution < 1.29 is 19.1 Å². The van der Waals surface area contributed by atoms with Gasteiger partial charge in [0.1, 0.15) is 5.75 Å². The fraction of sp³-hybridized carbons (Fsp3) is 0.300. The van der Waals surface area contributed by atoms with Crippen LogP contribution in [0.3, 0.4) is 0 Å². The second-order valence-electron chi connectivity index (χ2n) is 9.29. The Kier molecular flexibility index (Phi) is 7.84. The largest absolute Gasteiger partial charge is 0.496 e. The minimum absolute atomic E-state index is 0.0496. The van der Waals surface area contributed by atoms with Crippen LogP contribution in [-0.2, 0) is 11.2 Å². The number of amides is 2. The molecule has 1 fully saturated rings. The Balaban J connectivity index is 1.37. The van der Waals surface area contributed by atoms with Gasteiger partial charge < -0.3 is 15.0 Å². The summed E-state index contributed by atoms with van der Waals surface area (Å²) in [4.78, 5) is 41.0. The van der Waals surface area contributed by atoms with Crippen molar-refractivity contribution in [3.8, 4) is 5.75 Å². The molecule has 186 valence electrons. The Morgan fingerprint density at radius 3 is 2.25 bits per heavy atom. The number of carbonyl (C=O) groups is 3. The Bertz CT molecular complexity index is 1280. The SMILES string of the molecule is COc1ccccc1CC(=O)N1CCC(NC(=O)c2ccccc2C(=O)c2ccc(C)c(C)c2)CC1. The van der Waals surface area contributed by atoms with Crippen LogP contribution in [0.5, 0.6) is 5.75 Å². The average molecular weight is 485 g/mol. The van der Waals surface area contributed by atoms with Crippen LogP contribution in [-0.4, -0.2) is 48.7 Å². The van der Waals surface area contributed by atoms with Crippen LogP contribution in [0.25, 0.3) is 0 Å². The average Bonchev–Trinajstić information content (AvgIpc) is 2.90. The number of ketones is 1. The normalized spacial score (nSPS) is 13.8. The van der Waals surface area contributed by atoms with Crippen molar-refractivity contribution >= 4 is 17.6 Å². The topological polar surface area (TPSA) is 75.7 Å². The van der Waals surface area contributed by atoms with E-state index in [0.717, 1.165) is 16.7 Å². The number of piperidine rings is 1. The molecule has 6 nitrogen and oxygen atoms in total. The lowest BCUT2D eigenvalue weighted by Gasteiger charge is -2.32. The minimum atomic E-state index is -0.262. The molecular weight excluding hydrogens is 452 g/mol. The number of benzene rings is 3. The van der Waals surface area contributed by atoms with Crippen LogP contribution in [0.15, 0.2) is 66.7 Å². The van der Waals surface area contributed by atoms with E-state index in [1.165, 1.54) is 0 Å². The van der Waals surface area contributed by atoms with Gasteiger partial charge in [-0.15, -0.1) is 0 Å². The van der Waals surface area contributed by atoms with Crippen LogP contribution >= 0.6 is 0 Å². The first-order valence-electron chi connectivity index (χ1n) is 12.3. The first-order valence-corrected chi connectivity index (χ1v) is 12.3. The number of rotatable bonds is 7. The highest BCUT2D eigenvalue weighted by atomic mass is 16.5. The summed E-state index contributed by atoms with van der Waals surface area (Å²) in [7, 11) is 1.60. The third-order valence-electron chi connectivity index (χ3n) is 6.90. The van der Waals surface area contributed by atoms with Crippen molar-refractivity contribution in [1.82, 2.24) is 10.2 Å². The van der Waals surface area contributed by atoms with Gasteiger partial charge in [-0.3, -0.25) is 14.4 Å². The molecule has 1 saturated heterocycles. The molecule has 1 aliphatic heterocycles. The summed E-state index contributed by atoms with van der Waals surface area (Å²) in [5.41, 5.74) is 4.35. The van der Waals surface area contributed by atoms with Crippen LogP contribution in [0.4, 0.5) is 0 Å². The first-order chi connectivity index (χ1) is 17.4. The molecule has 0 aliphatic carbocycles. The highest BCUT2D eigenvalue weighted by Crippen LogP contribution is 2.21. The van der Waals surface area contributed by atoms with Gasteiger partial charge in [-0.1, -0.05) is 48.5 Å². The van der Waals surface area contributed by atoms with Crippen LogP contribution < -0.4 is 10.1 Å². The molecule has 3 aromatic rings. The molecule has 1 N–H and O–H groups in total. The van der Waals surface area contributed by atoms with Gasteiger partial charge in [0.15, 0.2) is 5.78 Å². The first kappa shape index (κ1) is 25.2. The summed E-state index contributed by atoms with van der Waals surface area (Å²) in [5.74, 6) is 0.331. The van der Waals surface area contributed by atoms with Gasteiger partial charge in [-0.05, 0) is 56.0 Å². The summed E-state index contributed by atoms with van der Waals surface area (Å²) < 4.78 is 5.36. The second-order valence-corrected chi connectivity index (χ2v) is 9.29. The van der Waals surface area contributed by atoms with Crippen molar-refractivity contribution in [3.05, 3.63) is 100 Å². The van der Waals surface area contributed by atoms with Crippen LogP contribution in [0.1, 0.15) is 55.8 Å². The lowest BCUT2D eigenvalue weighted by molar-refractivity contribution is -0.131. The zero-order valence-corrected chi connectivity index (χ0v) is 21.0. The Morgan fingerprint density at radius 2 is 1.56 bits per heavy atom. The third kappa shape index (κ3) is 5.65. The smallest absolute Gasteiger partial charge is 0.252 e. The predicted octanol–water partition coefficient (Wildman–Crippen LogP) is 4.51. The Hall–Kier alpha value is -3.93. The van der Waals surface area contributed by atoms with Crippen LogP contribution in [0.2, 0.25) is 0 Å². The molecule has 1 aliphatic rings. The number of carbonyl (C=O) groups excluding carboxylic acids is 3. The summed E-state index contributed by atoms with van der Waals surface area (Å²) in [6.45, 7) is 5.12. The molecule has 0 unspecified atom stereocenters.